The summed E-state index contributed by atoms with van der Waals surface area (Å²) in [6.45, 7) is 11.5. The van der Waals surface area contributed by atoms with Crippen LogP contribution < -0.4 is 0 Å². The average molecular weight is 423 g/mol. The van der Waals surface area contributed by atoms with Gasteiger partial charge in [0.2, 0.25) is 10.0 Å². The van der Waals surface area contributed by atoms with Crippen molar-refractivity contribution in [3.63, 3.8) is 0 Å². The van der Waals surface area contributed by atoms with E-state index in [1.165, 1.54) is 42.4 Å². The molecule has 0 aromatic heterocycles. The fourth-order valence-electron chi connectivity index (χ4n) is 3.86. The van der Waals surface area contributed by atoms with Crippen LogP contribution in [0.3, 0.4) is 0 Å². The van der Waals surface area contributed by atoms with Gasteiger partial charge in [0.15, 0.2) is 0 Å². The predicted octanol–water partition coefficient (Wildman–Crippen LogP) is 1.57. The Hall–Kier alpha value is -1.48. The highest BCUT2D eigenvalue weighted by atomic mass is 32.2. The Morgan fingerprint density at radius 1 is 0.931 bits per heavy atom. The van der Waals surface area contributed by atoms with Crippen LogP contribution in [0, 0.1) is 0 Å². The number of nitrogens with zero attached hydrogens (tertiary/aromatic N) is 4. The summed E-state index contributed by atoms with van der Waals surface area (Å²) < 4.78 is 26.5. The third-order valence-corrected chi connectivity index (χ3v) is 8.14. The number of amides is 1. The van der Waals surface area contributed by atoms with Crippen molar-refractivity contribution in [2.45, 2.75) is 37.6 Å². The molecule has 162 valence electrons. The van der Waals surface area contributed by atoms with E-state index in [2.05, 4.69) is 9.80 Å². The Labute approximate surface area is 175 Å². The number of carbonyl (C=O) groups excluding carboxylic acids is 1. The zero-order valence-corrected chi connectivity index (χ0v) is 18.7. The van der Waals surface area contributed by atoms with Gasteiger partial charge in [-0.05, 0) is 64.0 Å². The first kappa shape index (κ1) is 22.2. The first-order chi connectivity index (χ1) is 13.8. The zero-order valence-electron chi connectivity index (χ0n) is 17.9. The Balaban J connectivity index is 1.53. The molecule has 0 bridgehead atoms. The summed E-state index contributed by atoms with van der Waals surface area (Å²) in [5.41, 5.74) is 0.543. The van der Waals surface area contributed by atoms with E-state index in [1.807, 2.05) is 18.7 Å². The zero-order chi connectivity index (χ0) is 21.0. The summed E-state index contributed by atoms with van der Waals surface area (Å²) in [7, 11) is -1.96. The van der Waals surface area contributed by atoms with Crippen LogP contribution in [0.25, 0.3) is 0 Å². The molecule has 1 amide bonds. The van der Waals surface area contributed by atoms with Gasteiger partial charge in [0, 0.05) is 57.9 Å². The number of piperazine rings is 1. The van der Waals surface area contributed by atoms with Gasteiger partial charge in [-0.1, -0.05) is 0 Å². The molecule has 0 N–H and O–H groups in total. The minimum absolute atomic E-state index is 0.0228. The number of carbonyl (C=O) groups is 1. The van der Waals surface area contributed by atoms with E-state index in [9.17, 15) is 13.2 Å². The van der Waals surface area contributed by atoms with Crippen molar-refractivity contribution >= 4 is 15.9 Å². The standard InChI is InChI=1S/C21H34N4O3S/c1-18(2)22(3)29(27,28)20-8-6-19(7-9-20)21(26)25-16-14-24(15-17-25)13-12-23-10-4-5-11-23/h6-9,18H,4-5,10-17H2,1-3H3. The maximum Gasteiger partial charge on any atom is 0.253 e. The van der Waals surface area contributed by atoms with Gasteiger partial charge in [-0.2, -0.15) is 4.31 Å². The van der Waals surface area contributed by atoms with Crippen molar-refractivity contribution in [2.75, 3.05) is 59.4 Å². The molecule has 0 saturated carbocycles. The summed E-state index contributed by atoms with van der Waals surface area (Å²) in [5.74, 6) is -0.0228. The van der Waals surface area contributed by atoms with E-state index in [1.54, 1.807) is 19.2 Å². The van der Waals surface area contributed by atoms with E-state index in [0.717, 1.165) is 39.3 Å². The van der Waals surface area contributed by atoms with Crippen molar-refractivity contribution < 1.29 is 13.2 Å². The normalized spacial score (nSPS) is 19.4. The van der Waals surface area contributed by atoms with Gasteiger partial charge in [0.25, 0.3) is 5.91 Å². The molecule has 0 aliphatic carbocycles. The monoisotopic (exact) mass is 422 g/mol. The molecular weight excluding hydrogens is 388 g/mol. The van der Waals surface area contributed by atoms with E-state index in [0.29, 0.717) is 5.56 Å². The summed E-state index contributed by atoms with van der Waals surface area (Å²) in [4.78, 5) is 19.9. The van der Waals surface area contributed by atoms with Crippen LogP contribution in [0.1, 0.15) is 37.0 Å². The molecule has 8 heteroatoms. The molecule has 7 nitrogen and oxygen atoms in total. The van der Waals surface area contributed by atoms with Crippen molar-refractivity contribution in [2.24, 2.45) is 0 Å². The molecule has 0 spiro atoms. The van der Waals surface area contributed by atoms with Crippen LogP contribution in [-0.2, 0) is 10.0 Å². The summed E-state index contributed by atoms with van der Waals surface area (Å²) in [5, 5.41) is 0. The number of rotatable bonds is 7. The molecule has 2 heterocycles. The summed E-state index contributed by atoms with van der Waals surface area (Å²) in [6.07, 6.45) is 2.63. The van der Waals surface area contributed by atoms with Gasteiger partial charge in [-0.25, -0.2) is 8.42 Å². The van der Waals surface area contributed by atoms with Crippen molar-refractivity contribution in [1.29, 1.82) is 0 Å². The second-order valence-corrected chi connectivity index (χ2v) is 10.3. The Morgan fingerprint density at radius 3 is 1.97 bits per heavy atom. The molecular formula is C21H34N4O3S. The van der Waals surface area contributed by atoms with Gasteiger partial charge in [-0.3, -0.25) is 9.69 Å². The first-order valence-corrected chi connectivity index (χ1v) is 12.0. The second kappa shape index (κ2) is 9.55. The molecule has 2 saturated heterocycles. The number of hydrogen-bond donors (Lipinski definition) is 0. The minimum Gasteiger partial charge on any atom is -0.336 e. The number of hydrogen-bond acceptors (Lipinski definition) is 5. The maximum atomic E-state index is 12.8. The van der Waals surface area contributed by atoms with E-state index in [4.69, 9.17) is 0 Å². The van der Waals surface area contributed by atoms with Crippen molar-refractivity contribution in [3.05, 3.63) is 29.8 Å². The molecule has 1 aromatic carbocycles. The predicted molar refractivity (Wildman–Crippen MR) is 115 cm³/mol. The van der Waals surface area contributed by atoms with E-state index >= 15 is 0 Å². The number of likely N-dealkylation sites (tertiary alicyclic amines) is 1. The van der Waals surface area contributed by atoms with Gasteiger partial charge < -0.3 is 9.80 Å². The highest BCUT2D eigenvalue weighted by molar-refractivity contribution is 7.89. The third kappa shape index (κ3) is 5.36. The Bertz CT molecular complexity index is 781. The molecule has 2 aliphatic heterocycles. The van der Waals surface area contributed by atoms with Crippen LogP contribution in [0.5, 0.6) is 0 Å². The SMILES string of the molecule is CC(C)N(C)S(=O)(=O)c1ccc(C(=O)N2CCN(CCN3CCCC3)CC2)cc1. The van der Waals surface area contributed by atoms with Gasteiger partial charge in [0.1, 0.15) is 0 Å². The minimum atomic E-state index is -3.53. The largest absolute Gasteiger partial charge is 0.336 e. The average Bonchev–Trinajstić information content (AvgIpc) is 3.25. The fourth-order valence-corrected chi connectivity index (χ4v) is 5.23. The highest BCUT2D eigenvalue weighted by Gasteiger charge is 2.25. The van der Waals surface area contributed by atoms with Crippen molar-refractivity contribution in [1.82, 2.24) is 19.0 Å². The van der Waals surface area contributed by atoms with Crippen LogP contribution in [0.4, 0.5) is 0 Å². The maximum absolute atomic E-state index is 12.8. The third-order valence-electron chi connectivity index (χ3n) is 6.10. The molecule has 2 aliphatic rings. The number of sulfonamides is 1. The lowest BCUT2D eigenvalue weighted by atomic mass is 10.2. The van der Waals surface area contributed by atoms with Gasteiger partial charge in [0.05, 0.1) is 4.90 Å². The Morgan fingerprint density at radius 2 is 1.45 bits per heavy atom. The fraction of sp³-hybridized carbons (Fsp3) is 0.667. The molecule has 29 heavy (non-hydrogen) atoms. The lowest BCUT2D eigenvalue weighted by Gasteiger charge is -2.35. The van der Waals surface area contributed by atoms with Crippen molar-refractivity contribution in [3.8, 4) is 0 Å². The molecule has 0 unspecified atom stereocenters. The smallest absolute Gasteiger partial charge is 0.253 e. The second-order valence-electron chi connectivity index (χ2n) is 8.32. The summed E-state index contributed by atoms with van der Waals surface area (Å²) in [6, 6.07) is 6.20. The van der Waals surface area contributed by atoms with Gasteiger partial charge in [-0.15, -0.1) is 0 Å². The van der Waals surface area contributed by atoms with Gasteiger partial charge >= 0.3 is 0 Å². The topological polar surface area (TPSA) is 64.2 Å². The molecule has 3 rings (SSSR count). The van der Waals surface area contributed by atoms with E-state index < -0.39 is 10.0 Å². The van der Waals surface area contributed by atoms with E-state index in [-0.39, 0.29) is 16.8 Å². The van der Waals surface area contributed by atoms with Crippen LogP contribution in [0.2, 0.25) is 0 Å². The quantitative estimate of drug-likeness (QED) is 0.667. The van der Waals surface area contributed by atoms with Crippen LogP contribution >= 0.6 is 0 Å². The Kier molecular flexibility index (Phi) is 7.32. The molecule has 0 atom stereocenters. The summed E-state index contributed by atoms with van der Waals surface area (Å²) >= 11 is 0. The molecule has 2 fully saturated rings. The highest BCUT2D eigenvalue weighted by Crippen LogP contribution is 2.18. The molecule has 0 radical (unpaired) electrons. The lowest BCUT2D eigenvalue weighted by molar-refractivity contribution is 0.0626. The van der Waals surface area contributed by atoms with Crippen LogP contribution in [-0.4, -0.2) is 98.8 Å². The molecule has 1 aromatic rings. The first-order valence-electron chi connectivity index (χ1n) is 10.6. The number of benzene rings is 1. The lowest BCUT2D eigenvalue weighted by Crippen LogP contribution is -2.50. The van der Waals surface area contributed by atoms with Crippen LogP contribution in [0.15, 0.2) is 29.2 Å².